The van der Waals surface area contributed by atoms with Crippen molar-refractivity contribution in [1.82, 2.24) is 0 Å². The van der Waals surface area contributed by atoms with E-state index in [1.165, 1.54) is 11.1 Å². The summed E-state index contributed by atoms with van der Waals surface area (Å²) in [7, 11) is -1.80. The van der Waals surface area contributed by atoms with Crippen LogP contribution in [0.1, 0.15) is 31.9 Å². The van der Waals surface area contributed by atoms with Gasteiger partial charge in [0, 0.05) is 11.1 Å². The van der Waals surface area contributed by atoms with Gasteiger partial charge in [-0.15, -0.1) is 0 Å². The van der Waals surface area contributed by atoms with Crippen molar-refractivity contribution in [3.8, 4) is 28.7 Å². The molecule has 3 rings (SSSR count). The van der Waals surface area contributed by atoms with Gasteiger partial charge in [0.2, 0.25) is 8.32 Å². The standard InChI is InChI=1S/C24H26OSi/c1-24(2,3)26(4,5)25-23-17-13-20(14-18-23)10-9-19-11-15-21-7-6-8-22(21)16-12-19/h6-8,11-18H,1-5H3. The molecule has 0 aliphatic heterocycles. The molecular formula is C24H26OSi. The zero-order chi connectivity index (χ0) is 18.8. The van der Waals surface area contributed by atoms with Crippen LogP contribution in [0.15, 0.2) is 66.7 Å². The van der Waals surface area contributed by atoms with Crippen molar-refractivity contribution in [2.24, 2.45) is 0 Å². The van der Waals surface area contributed by atoms with Crippen LogP contribution in [0.3, 0.4) is 0 Å². The Balaban J connectivity index is 1.76. The highest BCUT2D eigenvalue weighted by Crippen LogP contribution is 2.37. The first kappa shape index (κ1) is 18.3. The van der Waals surface area contributed by atoms with E-state index in [2.05, 4.69) is 88.2 Å². The molecule has 0 spiro atoms. The van der Waals surface area contributed by atoms with Gasteiger partial charge in [-0.25, -0.2) is 0 Å². The van der Waals surface area contributed by atoms with Crippen LogP contribution >= 0.6 is 0 Å². The van der Waals surface area contributed by atoms with Crippen molar-refractivity contribution in [2.75, 3.05) is 0 Å². The summed E-state index contributed by atoms with van der Waals surface area (Å²) in [6, 6.07) is 22.8. The van der Waals surface area contributed by atoms with Crippen LogP contribution < -0.4 is 4.43 Å². The summed E-state index contributed by atoms with van der Waals surface area (Å²) < 4.78 is 6.32. The van der Waals surface area contributed by atoms with Gasteiger partial charge in [0.25, 0.3) is 0 Å². The second-order valence-corrected chi connectivity index (χ2v) is 12.9. The van der Waals surface area contributed by atoms with Gasteiger partial charge in [-0.05, 0) is 65.7 Å². The lowest BCUT2D eigenvalue weighted by atomic mass is 10.2. The zero-order valence-electron chi connectivity index (χ0n) is 16.3. The van der Waals surface area contributed by atoms with E-state index in [0.29, 0.717) is 0 Å². The molecule has 1 aromatic carbocycles. The molecule has 132 valence electrons. The quantitative estimate of drug-likeness (QED) is 0.371. The van der Waals surface area contributed by atoms with E-state index in [0.717, 1.165) is 16.9 Å². The third-order valence-electron chi connectivity index (χ3n) is 5.15. The minimum atomic E-state index is -1.80. The van der Waals surface area contributed by atoms with E-state index < -0.39 is 8.32 Å². The van der Waals surface area contributed by atoms with Crippen molar-refractivity contribution < 1.29 is 4.43 Å². The molecule has 0 bridgehead atoms. The highest BCUT2D eigenvalue weighted by atomic mass is 28.4. The maximum atomic E-state index is 6.32. The number of fused-ring (bicyclic) bond motifs is 1. The fourth-order valence-corrected chi connectivity index (χ4v) is 3.48. The van der Waals surface area contributed by atoms with Gasteiger partial charge in [-0.1, -0.05) is 62.9 Å². The summed E-state index contributed by atoms with van der Waals surface area (Å²) in [5.74, 6) is 7.44. The molecule has 0 saturated carbocycles. The molecule has 0 atom stereocenters. The minimum absolute atomic E-state index is 0.196. The summed E-state index contributed by atoms with van der Waals surface area (Å²) in [5.41, 5.74) is 4.50. The van der Waals surface area contributed by atoms with Crippen LogP contribution in [0.5, 0.6) is 5.75 Å². The zero-order valence-corrected chi connectivity index (χ0v) is 17.3. The summed E-state index contributed by atoms with van der Waals surface area (Å²) >= 11 is 0. The van der Waals surface area contributed by atoms with Crippen LogP contribution in [0.2, 0.25) is 18.1 Å². The normalized spacial score (nSPS) is 11.7. The molecule has 0 aromatic heterocycles. The Bertz CT molecular complexity index is 890. The average molecular weight is 359 g/mol. The number of benzene rings is 1. The second-order valence-electron chi connectivity index (χ2n) is 8.20. The molecular weight excluding hydrogens is 332 g/mol. The molecule has 0 radical (unpaired) electrons. The molecule has 0 unspecified atom stereocenters. The molecule has 26 heavy (non-hydrogen) atoms. The molecule has 0 heterocycles. The predicted molar refractivity (Wildman–Crippen MR) is 113 cm³/mol. The Morgan fingerprint density at radius 1 is 0.692 bits per heavy atom. The fourth-order valence-electron chi connectivity index (χ4n) is 2.45. The van der Waals surface area contributed by atoms with E-state index in [4.69, 9.17) is 4.43 Å². The average Bonchev–Trinajstić information content (AvgIpc) is 2.93. The molecule has 2 aliphatic carbocycles. The Hall–Kier alpha value is -2.50. The predicted octanol–water partition coefficient (Wildman–Crippen LogP) is 6.58. The third kappa shape index (κ3) is 4.18. The number of hydrogen-bond donors (Lipinski definition) is 0. The van der Waals surface area contributed by atoms with Crippen LogP contribution in [0.4, 0.5) is 0 Å². The van der Waals surface area contributed by atoms with Gasteiger partial charge in [0.1, 0.15) is 5.75 Å². The van der Waals surface area contributed by atoms with Crippen LogP contribution in [0.25, 0.3) is 11.1 Å². The van der Waals surface area contributed by atoms with Gasteiger partial charge in [-0.2, -0.15) is 0 Å². The van der Waals surface area contributed by atoms with Gasteiger partial charge in [0.15, 0.2) is 0 Å². The Morgan fingerprint density at radius 3 is 1.62 bits per heavy atom. The number of hydrogen-bond acceptors (Lipinski definition) is 1. The highest BCUT2D eigenvalue weighted by Gasteiger charge is 2.38. The van der Waals surface area contributed by atoms with Crippen molar-refractivity contribution in [3.05, 3.63) is 77.9 Å². The van der Waals surface area contributed by atoms with E-state index in [1.54, 1.807) is 0 Å². The smallest absolute Gasteiger partial charge is 0.250 e. The van der Waals surface area contributed by atoms with E-state index >= 15 is 0 Å². The summed E-state index contributed by atoms with van der Waals surface area (Å²) in [6.45, 7) is 11.3. The second kappa shape index (κ2) is 7.01. The van der Waals surface area contributed by atoms with Crippen molar-refractivity contribution in [1.29, 1.82) is 0 Å². The lowest BCUT2D eigenvalue weighted by Crippen LogP contribution is -2.43. The van der Waals surface area contributed by atoms with E-state index in [9.17, 15) is 0 Å². The minimum Gasteiger partial charge on any atom is -0.544 e. The van der Waals surface area contributed by atoms with Gasteiger partial charge in [-0.3, -0.25) is 0 Å². The first-order chi connectivity index (χ1) is 12.2. The van der Waals surface area contributed by atoms with E-state index in [1.807, 2.05) is 24.3 Å². The maximum absolute atomic E-state index is 6.32. The lowest BCUT2D eigenvalue weighted by Gasteiger charge is -2.36. The topological polar surface area (TPSA) is 9.23 Å². The molecule has 1 nitrogen and oxygen atoms in total. The van der Waals surface area contributed by atoms with Gasteiger partial charge >= 0.3 is 0 Å². The molecule has 1 aromatic rings. The maximum Gasteiger partial charge on any atom is 0.250 e. The van der Waals surface area contributed by atoms with Crippen LogP contribution in [0, 0.1) is 11.8 Å². The van der Waals surface area contributed by atoms with Crippen LogP contribution in [-0.4, -0.2) is 8.32 Å². The van der Waals surface area contributed by atoms with Crippen molar-refractivity contribution in [2.45, 2.75) is 38.9 Å². The molecule has 0 fully saturated rings. The summed E-state index contributed by atoms with van der Waals surface area (Å²) in [6.07, 6.45) is 0. The van der Waals surface area contributed by atoms with E-state index in [-0.39, 0.29) is 5.04 Å². The van der Waals surface area contributed by atoms with Gasteiger partial charge < -0.3 is 4.43 Å². The van der Waals surface area contributed by atoms with Gasteiger partial charge in [0.05, 0.1) is 0 Å². The van der Waals surface area contributed by atoms with Crippen molar-refractivity contribution in [3.63, 3.8) is 0 Å². The molecule has 0 amide bonds. The molecule has 0 saturated heterocycles. The lowest BCUT2D eigenvalue weighted by molar-refractivity contribution is 0.492. The molecule has 2 aliphatic rings. The largest absolute Gasteiger partial charge is 0.544 e. The summed E-state index contributed by atoms with van der Waals surface area (Å²) in [4.78, 5) is 0. The van der Waals surface area contributed by atoms with Crippen LogP contribution in [-0.2, 0) is 0 Å². The third-order valence-corrected chi connectivity index (χ3v) is 9.51. The summed E-state index contributed by atoms with van der Waals surface area (Å²) in [5, 5.41) is 0.196. The molecule has 0 N–H and O–H groups in total. The monoisotopic (exact) mass is 358 g/mol. The Labute approximate surface area is 158 Å². The molecule has 2 heteroatoms. The first-order valence-corrected chi connectivity index (χ1v) is 12.0. The Kier molecular flexibility index (Phi) is 4.94. The first-order valence-electron chi connectivity index (χ1n) is 9.04. The SMILES string of the molecule is CC(C)(C)[Si](C)(C)Oc1ccc(C#Cc2ccc3cccc-3cc2)cc1. The highest BCUT2D eigenvalue weighted by molar-refractivity contribution is 6.74. The number of rotatable bonds is 2. The Morgan fingerprint density at radius 2 is 1.15 bits per heavy atom. The van der Waals surface area contributed by atoms with Crippen molar-refractivity contribution >= 4 is 8.32 Å². The fraction of sp³-hybridized carbons (Fsp3) is 0.250.